The molecule has 1 aromatic rings. The molecule has 1 amide bonds. The van der Waals surface area contributed by atoms with Crippen molar-refractivity contribution in [2.75, 3.05) is 13.2 Å². The van der Waals surface area contributed by atoms with Gasteiger partial charge in [-0.2, -0.15) is 0 Å². The van der Waals surface area contributed by atoms with Gasteiger partial charge in [-0.3, -0.25) is 4.79 Å². The molecule has 0 aliphatic carbocycles. The Hall–Kier alpha value is -1.53. The summed E-state index contributed by atoms with van der Waals surface area (Å²) in [7, 11) is 1.59. The second-order valence-electron chi connectivity index (χ2n) is 4.59. The van der Waals surface area contributed by atoms with Gasteiger partial charge in [-0.15, -0.1) is 6.58 Å². The molecule has 1 aromatic carbocycles. The molecule has 116 valence electrons. The van der Waals surface area contributed by atoms with Crippen LogP contribution in [0.25, 0.3) is 0 Å². The molecule has 0 saturated carbocycles. The van der Waals surface area contributed by atoms with Gasteiger partial charge in [0.15, 0.2) is 6.61 Å². The molecule has 21 heavy (non-hydrogen) atoms. The van der Waals surface area contributed by atoms with Crippen molar-refractivity contribution < 1.29 is 17.9 Å². The fourth-order valence-electron chi connectivity index (χ4n) is 1.87. The molecule has 0 bridgehead atoms. The Morgan fingerprint density at radius 1 is 1.38 bits per heavy atom. The highest BCUT2D eigenvalue weighted by molar-refractivity contribution is 8.13. The van der Waals surface area contributed by atoms with E-state index in [2.05, 4.69) is 11.9 Å². The molecule has 5 nitrogen and oxygen atoms in total. The van der Waals surface area contributed by atoms with Gasteiger partial charge in [0, 0.05) is 17.2 Å². The van der Waals surface area contributed by atoms with E-state index in [1.807, 2.05) is 0 Å². The van der Waals surface area contributed by atoms with Crippen molar-refractivity contribution in [2.45, 2.75) is 25.7 Å². The van der Waals surface area contributed by atoms with Crippen molar-refractivity contribution >= 4 is 25.6 Å². The second-order valence-corrected chi connectivity index (χ2v) is 7.12. The van der Waals surface area contributed by atoms with E-state index in [4.69, 9.17) is 15.4 Å². The zero-order chi connectivity index (χ0) is 16.2. The number of hydrogen-bond acceptors (Lipinski definition) is 4. The smallest absolute Gasteiger partial charge is 0.261 e. The first-order chi connectivity index (χ1) is 9.68. The maximum absolute atomic E-state index is 11.5. The first kappa shape index (κ1) is 17.5. The molecule has 0 unspecified atom stereocenters. The van der Waals surface area contributed by atoms with E-state index in [1.54, 1.807) is 26.8 Å². The zero-order valence-electron chi connectivity index (χ0n) is 12.2. The van der Waals surface area contributed by atoms with E-state index in [0.717, 1.165) is 0 Å². The van der Waals surface area contributed by atoms with E-state index in [0.29, 0.717) is 29.0 Å². The lowest BCUT2D eigenvalue weighted by Crippen LogP contribution is -2.29. The fraction of sp³-hybridized carbons (Fsp3) is 0.357. The van der Waals surface area contributed by atoms with Crippen LogP contribution < -0.4 is 10.1 Å². The monoisotopic (exact) mass is 331 g/mol. The van der Waals surface area contributed by atoms with Gasteiger partial charge in [0.2, 0.25) is 0 Å². The average Bonchev–Trinajstić information content (AvgIpc) is 2.39. The van der Waals surface area contributed by atoms with Gasteiger partial charge in [-0.05, 0) is 43.5 Å². The topological polar surface area (TPSA) is 72.5 Å². The third kappa shape index (κ3) is 4.47. The first-order valence-corrected chi connectivity index (χ1v) is 8.55. The second kappa shape index (κ2) is 6.95. The number of rotatable bonds is 6. The van der Waals surface area contributed by atoms with Gasteiger partial charge in [0.25, 0.3) is 15.0 Å². The molecule has 0 spiro atoms. The van der Waals surface area contributed by atoms with Crippen LogP contribution in [0, 0.1) is 20.8 Å². The van der Waals surface area contributed by atoms with E-state index < -0.39 is 9.05 Å². The highest BCUT2D eigenvalue weighted by Gasteiger charge is 2.19. The Morgan fingerprint density at radius 3 is 2.52 bits per heavy atom. The van der Waals surface area contributed by atoms with Crippen LogP contribution in [0.1, 0.15) is 16.7 Å². The summed E-state index contributed by atoms with van der Waals surface area (Å²) in [4.78, 5) is 11.6. The lowest BCUT2D eigenvalue weighted by molar-refractivity contribution is -0.122. The summed E-state index contributed by atoms with van der Waals surface area (Å²) in [6, 6.07) is 1.45. The molecule has 0 aliphatic rings. The highest BCUT2D eigenvalue weighted by atomic mass is 35.7. The van der Waals surface area contributed by atoms with Crippen LogP contribution in [0.4, 0.5) is 0 Å². The Bertz CT molecular complexity index is 668. The van der Waals surface area contributed by atoms with Crippen molar-refractivity contribution in [2.24, 2.45) is 0 Å². The van der Waals surface area contributed by atoms with Crippen LogP contribution in [0.15, 0.2) is 23.6 Å². The minimum atomic E-state index is -3.81. The number of nitrogens with one attached hydrogen (secondary N) is 1. The number of carbonyl (C=O) groups is 1. The van der Waals surface area contributed by atoms with Crippen LogP contribution in [0.2, 0.25) is 0 Å². The molecular weight excluding hydrogens is 314 g/mol. The Morgan fingerprint density at radius 2 is 2.00 bits per heavy atom. The summed E-state index contributed by atoms with van der Waals surface area (Å²) >= 11 is 0. The van der Waals surface area contributed by atoms with Crippen molar-refractivity contribution in [1.82, 2.24) is 5.32 Å². The molecule has 7 heteroatoms. The van der Waals surface area contributed by atoms with Crippen molar-refractivity contribution in [3.8, 4) is 5.75 Å². The maximum atomic E-state index is 11.5. The van der Waals surface area contributed by atoms with Crippen molar-refractivity contribution in [3.05, 3.63) is 35.4 Å². The zero-order valence-corrected chi connectivity index (χ0v) is 13.8. The lowest BCUT2D eigenvalue weighted by atomic mass is 10.1. The normalized spacial score (nSPS) is 11.0. The molecule has 0 aromatic heterocycles. The quantitative estimate of drug-likeness (QED) is 0.641. The predicted octanol–water partition coefficient (Wildman–Crippen LogP) is 2.22. The van der Waals surface area contributed by atoms with E-state index in [9.17, 15) is 13.2 Å². The maximum Gasteiger partial charge on any atom is 0.261 e. The van der Waals surface area contributed by atoms with Gasteiger partial charge in [-0.25, -0.2) is 8.42 Å². The minimum Gasteiger partial charge on any atom is -0.483 e. The average molecular weight is 332 g/mol. The molecule has 1 N–H and O–H groups in total. The summed E-state index contributed by atoms with van der Waals surface area (Å²) in [5, 5.41) is 2.59. The molecule has 0 saturated heterocycles. The molecule has 0 fully saturated rings. The Kier molecular flexibility index (Phi) is 5.80. The molecule has 1 rings (SSSR count). The van der Waals surface area contributed by atoms with Crippen LogP contribution in [-0.2, 0) is 13.8 Å². The van der Waals surface area contributed by atoms with Gasteiger partial charge in [0.05, 0.1) is 4.90 Å². The number of carbonyl (C=O) groups excluding carboxylic acids is 1. The van der Waals surface area contributed by atoms with Crippen LogP contribution in [-0.4, -0.2) is 27.5 Å². The number of ether oxygens (including phenoxy) is 1. The summed E-state index contributed by atoms with van der Waals surface area (Å²) in [5.41, 5.74) is 1.76. The third-order valence-corrected chi connectivity index (χ3v) is 4.48. The summed E-state index contributed by atoms with van der Waals surface area (Å²) in [6.45, 7) is 8.79. The number of hydrogen-bond donors (Lipinski definition) is 1. The van der Waals surface area contributed by atoms with Gasteiger partial charge in [-0.1, -0.05) is 6.08 Å². The van der Waals surface area contributed by atoms with Gasteiger partial charge in [0.1, 0.15) is 5.75 Å². The number of halogens is 1. The lowest BCUT2D eigenvalue weighted by Gasteiger charge is -2.16. The van der Waals surface area contributed by atoms with Gasteiger partial charge < -0.3 is 10.1 Å². The molecular formula is C14H18ClNO4S. The van der Waals surface area contributed by atoms with Crippen LogP contribution in [0.5, 0.6) is 5.75 Å². The Balaban J connectivity index is 3.03. The predicted molar refractivity (Wildman–Crippen MR) is 82.4 cm³/mol. The SMILES string of the molecule is C=CCNC(=O)COc1c(C)cc(S(=O)(=O)Cl)c(C)c1C. The number of aryl methyl sites for hydroxylation is 1. The largest absolute Gasteiger partial charge is 0.483 e. The van der Waals surface area contributed by atoms with Crippen molar-refractivity contribution in [3.63, 3.8) is 0 Å². The van der Waals surface area contributed by atoms with Crippen LogP contribution >= 0.6 is 10.7 Å². The highest BCUT2D eigenvalue weighted by Crippen LogP contribution is 2.32. The third-order valence-electron chi connectivity index (χ3n) is 3.03. The molecule has 0 heterocycles. The molecule has 0 aliphatic heterocycles. The van der Waals surface area contributed by atoms with Gasteiger partial charge >= 0.3 is 0 Å². The Labute approximate surface area is 129 Å². The van der Waals surface area contributed by atoms with E-state index in [1.165, 1.54) is 6.07 Å². The molecule has 0 radical (unpaired) electrons. The van der Waals surface area contributed by atoms with Crippen molar-refractivity contribution in [1.29, 1.82) is 0 Å². The van der Waals surface area contributed by atoms with E-state index >= 15 is 0 Å². The summed E-state index contributed by atoms with van der Waals surface area (Å²) in [5.74, 6) is 0.214. The first-order valence-electron chi connectivity index (χ1n) is 6.24. The van der Waals surface area contributed by atoms with E-state index in [-0.39, 0.29) is 17.4 Å². The number of benzene rings is 1. The fourth-order valence-corrected chi connectivity index (χ4v) is 3.19. The summed E-state index contributed by atoms with van der Waals surface area (Å²) < 4.78 is 28.5. The number of amides is 1. The molecule has 0 atom stereocenters. The summed E-state index contributed by atoms with van der Waals surface area (Å²) in [6.07, 6.45) is 1.57. The van der Waals surface area contributed by atoms with Crippen LogP contribution in [0.3, 0.4) is 0 Å². The standard InChI is InChI=1S/C14H18ClNO4S/c1-5-6-16-13(17)8-20-14-9(2)7-12(21(15,18)19)10(3)11(14)4/h5,7H,1,6,8H2,2-4H3,(H,16,17). The minimum absolute atomic E-state index is 0.0580.